The summed E-state index contributed by atoms with van der Waals surface area (Å²) in [5, 5.41) is 3.27. The summed E-state index contributed by atoms with van der Waals surface area (Å²) in [6.07, 6.45) is 5.58. The molecule has 9 heteroatoms. The van der Waals surface area contributed by atoms with Crippen LogP contribution in [0.5, 0.6) is 0 Å². The van der Waals surface area contributed by atoms with Crippen molar-refractivity contribution in [1.82, 2.24) is 4.57 Å². The Morgan fingerprint density at radius 3 is 2.39 bits per heavy atom. The highest BCUT2D eigenvalue weighted by Gasteiger charge is 2.05. The van der Waals surface area contributed by atoms with E-state index in [1.807, 2.05) is 18.2 Å². The molecule has 0 aliphatic heterocycles. The number of nitrogens with one attached hydrogen (secondary N) is 2. The van der Waals surface area contributed by atoms with Crippen molar-refractivity contribution in [2.75, 3.05) is 16.3 Å². The topological polar surface area (TPSA) is 97.3 Å². The molecule has 3 rings (SSSR count). The van der Waals surface area contributed by atoms with Crippen molar-refractivity contribution in [3.05, 3.63) is 99.4 Å². The Bertz CT molecular complexity index is 1280. The number of carbonyl (C=O) groups is 1. The van der Waals surface area contributed by atoms with Gasteiger partial charge in [-0.1, -0.05) is 41.9 Å². The Morgan fingerprint density at radius 2 is 1.71 bits per heavy atom. The fourth-order valence-corrected chi connectivity index (χ4v) is 3.53. The van der Waals surface area contributed by atoms with Crippen LogP contribution in [0.4, 0.5) is 11.4 Å². The lowest BCUT2D eigenvalue weighted by Crippen LogP contribution is -2.20. The van der Waals surface area contributed by atoms with Gasteiger partial charge in [0.1, 0.15) is 0 Å². The Kier molecular flexibility index (Phi) is 6.94. The second kappa shape index (κ2) is 9.63. The molecule has 0 fully saturated rings. The van der Waals surface area contributed by atoms with Gasteiger partial charge in [0.15, 0.2) is 0 Å². The summed E-state index contributed by atoms with van der Waals surface area (Å²) in [7, 11) is -3.34. The van der Waals surface area contributed by atoms with Crippen LogP contribution in [-0.2, 0) is 21.4 Å². The number of halogens is 1. The molecule has 1 amide bonds. The minimum atomic E-state index is -3.34. The molecule has 0 unspecified atom stereocenters. The van der Waals surface area contributed by atoms with Crippen molar-refractivity contribution >= 4 is 45.0 Å². The van der Waals surface area contributed by atoms with Gasteiger partial charge in [-0.2, -0.15) is 0 Å². The number of nitrogens with zero attached hydrogens (tertiary/aromatic N) is 1. The van der Waals surface area contributed by atoms with E-state index in [1.54, 1.807) is 42.6 Å². The average molecular weight is 458 g/mol. The summed E-state index contributed by atoms with van der Waals surface area (Å²) >= 11 is 6.16. The van der Waals surface area contributed by atoms with E-state index < -0.39 is 10.0 Å². The van der Waals surface area contributed by atoms with E-state index in [4.69, 9.17) is 11.6 Å². The number of anilines is 2. The Labute approximate surface area is 185 Å². The predicted octanol–water partition coefficient (Wildman–Crippen LogP) is 3.57. The van der Waals surface area contributed by atoms with Crippen LogP contribution >= 0.6 is 11.6 Å². The molecule has 31 heavy (non-hydrogen) atoms. The predicted molar refractivity (Wildman–Crippen MR) is 124 cm³/mol. The number of hydrogen-bond acceptors (Lipinski definition) is 4. The monoisotopic (exact) mass is 457 g/mol. The van der Waals surface area contributed by atoms with Crippen LogP contribution in [0.1, 0.15) is 11.1 Å². The normalized spacial score (nSPS) is 11.4. The maximum Gasteiger partial charge on any atom is 0.250 e. The molecular formula is C22H20ClN3O4S. The molecule has 0 spiro atoms. The van der Waals surface area contributed by atoms with E-state index in [2.05, 4.69) is 10.0 Å². The third-order valence-corrected chi connectivity index (χ3v) is 5.17. The highest BCUT2D eigenvalue weighted by molar-refractivity contribution is 7.92. The van der Waals surface area contributed by atoms with E-state index in [1.165, 1.54) is 22.8 Å². The zero-order valence-electron chi connectivity index (χ0n) is 16.6. The van der Waals surface area contributed by atoms with Crippen LogP contribution in [0.15, 0.2) is 77.7 Å². The van der Waals surface area contributed by atoms with Crippen LogP contribution in [0.3, 0.4) is 0 Å². The van der Waals surface area contributed by atoms with E-state index in [0.717, 1.165) is 17.4 Å². The Balaban J connectivity index is 1.66. The SMILES string of the molecule is CS(=O)(=O)Nc1ccc(/C=C/C(=O)Nc2ccc(=O)n(Cc3ccccc3Cl)c2)cc1. The number of amides is 1. The van der Waals surface area contributed by atoms with Crippen molar-refractivity contribution in [1.29, 1.82) is 0 Å². The minimum absolute atomic E-state index is 0.212. The van der Waals surface area contributed by atoms with Gasteiger partial charge in [0.2, 0.25) is 15.9 Å². The van der Waals surface area contributed by atoms with Crippen LogP contribution in [0, 0.1) is 0 Å². The van der Waals surface area contributed by atoms with Gasteiger partial charge in [0, 0.05) is 29.0 Å². The molecule has 7 nitrogen and oxygen atoms in total. The summed E-state index contributed by atoms with van der Waals surface area (Å²) in [5.74, 6) is -0.374. The molecule has 0 bridgehead atoms. The first kappa shape index (κ1) is 22.3. The van der Waals surface area contributed by atoms with Crippen LogP contribution in [0.2, 0.25) is 5.02 Å². The molecule has 0 saturated heterocycles. The zero-order valence-corrected chi connectivity index (χ0v) is 18.2. The quantitative estimate of drug-likeness (QED) is 0.530. The minimum Gasteiger partial charge on any atom is -0.321 e. The summed E-state index contributed by atoms with van der Waals surface area (Å²) in [6, 6.07) is 16.7. The van der Waals surface area contributed by atoms with Crippen molar-refractivity contribution in [3.8, 4) is 0 Å². The van der Waals surface area contributed by atoms with Gasteiger partial charge in [0.25, 0.3) is 5.56 Å². The molecule has 3 aromatic rings. The Morgan fingerprint density at radius 1 is 1.03 bits per heavy atom. The molecule has 0 radical (unpaired) electrons. The second-order valence-electron chi connectivity index (χ2n) is 6.79. The molecule has 2 aromatic carbocycles. The standard InChI is InChI=1S/C22H20ClN3O4S/c1-31(29,30)25-18-9-6-16(7-10-18)8-12-21(27)24-19-11-13-22(28)26(15-19)14-17-4-2-3-5-20(17)23/h2-13,15,25H,14H2,1H3,(H,24,27)/b12-8+. The number of rotatable bonds is 7. The first-order valence-electron chi connectivity index (χ1n) is 9.20. The third kappa shape index (κ3) is 6.84. The van der Waals surface area contributed by atoms with Crippen molar-refractivity contribution in [2.24, 2.45) is 0 Å². The van der Waals surface area contributed by atoms with Crippen LogP contribution in [-0.4, -0.2) is 25.1 Å². The van der Waals surface area contributed by atoms with Gasteiger partial charge in [-0.15, -0.1) is 0 Å². The van der Waals surface area contributed by atoms with Crippen molar-refractivity contribution < 1.29 is 13.2 Å². The van der Waals surface area contributed by atoms with Gasteiger partial charge in [-0.3, -0.25) is 14.3 Å². The van der Waals surface area contributed by atoms with Gasteiger partial charge in [0.05, 0.1) is 18.5 Å². The van der Waals surface area contributed by atoms with Crippen LogP contribution in [0.25, 0.3) is 6.08 Å². The largest absolute Gasteiger partial charge is 0.321 e. The van der Waals surface area contributed by atoms with Crippen LogP contribution < -0.4 is 15.6 Å². The fourth-order valence-electron chi connectivity index (χ4n) is 2.77. The molecule has 2 N–H and O–H groups in total. The lowest BCUT2D eigenvalue weighted by molar-refractivity contribution is -0.111. The lowest BCUT2D eigenvalue weighted by Gasteiger charge is -2.10. The van der Waals surface area contributed by atoms with E-state index in [0.29, 0.717) is 16.4 Å². The molecule has 160 valence electrons. The summed E-state index contributed by atoms with van der Waals surface area (Å²) in [4.78, 5) is 24.4. The number of hydrogen-bond donors (Lipinski definition) is 2. The van der Waals surface area contributed by atoms with Gasteiger partial charge < -0.3 is 9.88 Å². The van der Waals surface area contributed by atoms with Gasteiger partial charge >= 0.3 is 0 Å². The van der Waals surface area contributed by atoms with Crippen molar-refractivity contribution in [2.45, 2.75) is 6.54 Å². The molecule has 1 aromatic heterocycles. The maximum atomic E-state index is 12.3. The fraction of sp³-hybridized carbons (Fsp3) is 0.0909. The third-order valence-electron chi connectivity index (χ3n) is 4.19. The number of aromatic nitrogens is 1. The molecule has 0 saturated carbocycles. The summed E-state index contributed by atoms with van der Waals surface area (Å²) in [6.45, 7) is 0.284. The molecule has 0 aliphatic rings. The number of sulfonamides is 1. The van der Waals surface area contributed by atoms with E-state index >= 15 is 0 Å². The molecule has 0 aliphatic carbocycles. The van der Waals surface area contributed by atoms with Gasteiger partial charge in [-0.25, -0.2) is 8.42 Å². The lowest BCUT2D eigenvalue weighted by atomic mass is 10.2. The molecular weight excluding hydrogens is 438 g/mol. The second-order valence-corrected chi connectivity index (χ2v) is 8.95. The molecule has 1 heterocycles. The highest BCUT2D eigenvalue weighted by atomic mass is 35.5. The zero-order chi connectivity index (χ0) is 22.4. The average Bonchev–Trinajstić information content (AvgIpc) is 2.70. The first-order chi connectivity index (χ1) is 14.7. The first-order valence-corrected chi connectivity index (χ1v) is 11.5. The summed E-state index contributed by atoms with van der Waals surface area (Å²) in [5.41, 5.74) is 2.21. The highest BCUT2D eigenvalue weighted by Crippen LogP contribution is 2.16. The number of benzene rings is 2. The van der Waals surface area contributed by atoms with E-state index in [9.17, 15) is 18.0 Å². The smallest absolute Gasteiger partial charge is 0.250 e. The number of pyridine rings is 1. The maximum absolute atomic E-state index is 12.3. The number of carbonyl (C=O) groups excluding carboxylic acids is 1. The van der Waals surface area contributed by atoms with E-state index in [-0.39, 0.29) is 18.0 Å². The molecule has 0 atom stereocenters. The Hall–Kier alpha value is -3.36. The van der Waals surface area contributed by atoms with Crippen molar-refractivity contribution in [3.63, 3.8) is 0 Å². The summed E-state index contributed by atoms with van der Waals surface area (Å²) < 4.78 is 26.3. The van der Waals surface area contributed by atoms with Gasteiger partial charge in [-0.05, 0) is 41.5 Å².